The lowest BCUT2D eigenvalue weighted by atomic mass is 9.81. The van der Waals surface area contributed by atoms with Gasteiger partial charge < -0.3 is 14.8 Å². The molecule has 1 aliphatic heterocycles. The molecule has 2 heterocycles. The summed E-state index contributed by atoms with van der Waals surface area (Å²) in [5.41, 5.74) is 3.31. The second-order valence-corrected chi connectivity index (χ2v) is 6.45. The fourth-order valence-corrected chi connectivity index (χ4v) is 3.41. The summed E-state index contributed by atoms with van der Waals surface area (Å²) in [7, 11) is 0. The van der Waals surface area contributed by atoms with Crippen LogP contribution in [0.2, 0.25) is 0 Å². The van der Waals surface area contributed by atoms with Gasteiger partial charge in [0, 0.05) is 11.9 Å². The van der Waals surface area contributed by atoms with Gasteiger partial charge in [-0.15, -0.1) is 0 Å². The van der Waals surface area contributed by atoms with Gasteiger partial charge in [-0.3, -0.25) is 4.98 Å². The Morgan fingerprint density at radius 2 is 1.55 bits per heavy atom. The van der Waals surface area contributed by atoms with E-state index in [2.05, 4.69) is 10.3 Å². The highest BCUT2D eigenvalue weighted by Crippen LogP contribution is 2.41. The van der Waals surface area contributed by atoms with Crippen molar-refractivity contribution in [2.75, 3.05) is 13.2 Å². The van der Waals surface area contributed by atoms with Crippen molar-refractivity contribution >= 4 is 17.6 Å². The van der Waals surface area contributed by atoms with Crippen LogP contribution >= 0.6 is 0 Å². The van der Waals surface area contributed by atoms with E-state index >= 15 is 0 Å². The molecule has 3 rings (SSSR count). The third-order valence-electron chi connectivity index (χ3n) is 4.60. The number of carbonyl (C=O) groups excluding carboxylic acids is 2. The number of ether oxygens (including phenoxy) is 2. The van der Waals surface area contributed by atoms with Crippen LogP contribution in [0.3, 0.4) is 0 Å². The third-order valence-corrected chi connectivity index (χ3v) is 4.60. The van der Waals surface area contributed by atoms with Crippen LogP contribution in [-0.4, -0.2) is 30.1 Å². The predicted molar refractivity (Wildman–Crippen MR) is 109 cm³/mol. The summed E-state index contributed by atoms with van der Waals surface area (Å²) >= 11 is 0. The van der Waals surface area contributed by atoms with Crippen LogP contribution in [0.5, 0.6) is 0 Å². The van der Waals surface area contributed by atoms with Crippen molar-refractivity contribution in [3.8, 4) is 0 Å². The van der Waals surface area contributed by atoms with Crippen LogP contribution in [0.1, 0.15) is 37.9 Å². The molecule has 0 aliphatic carbocycles. The number of benzene rings is 1. The predicted octanol–water partition coefficient (Wildman–Crippen LogP) is 3.58. The van der Waals surface area contributed by atoms with Crippen molar-refractivity contribution in [1.82, 2.24) is 10.3 Å². The number of dihydropyridines is 1. The maximum atomic E-state index is 13.1. The quantitative estimate of drug-likeness (QED) is 0.757. The van der Waals surface area contributed by atoms with E-state index in [1.807, 2.05) is 36.4 Å². The molecule has 29 heavy (non-hydrogen) atoms. The topological polar surface area (TPSA) is 77.5 Å². The molecule has 0 bridgehead atoms. The minimum atomic E-state index is -0.703. The average Bonchev–Trinajstić information content (AvgIpc) is 2.74. The molecule has 1 aliphatic rings. The maximum absolute atomic E-state index is 13.1. The summed E-state index contributed by atoms with van der Waals surface area (Å²) in [5.74, 6) is -1.68. The number of hydrogen-bond donors (Lipinski definition) is 1. The number of nitrogens with one attached hydrogen (secondary N) is 1. The highest BCUT2D eigenvalue weighted by Gasteiger charge is 2.40. The van der Waals surface area contributed by atoms with Crippen molar-refractivity contribution in [1.29, 1.82) is 0 Å². The zero-order chi connectivity index (χ0) is 20.8. The summed E-state index contributed by atoms with van der Waals surface area (Å²) in [6.45, 7) is 5.75. The zero-order valence-electron chi connectivity index (χ0n) is 16.8. The Labute approximate surface area is 170 Å². The molecule has 0 saturated heterocycles. The molecule has 0 saturated carbocycles. The van der Waals surface area contributed by atoms with Crippen LogP contribution in [0.4, 0.5) is 0 Å². The van der Waals surface area contributed by atoms with Crippen LogP contribution in [0.15, 0.2) is 71.6 Å². The third kappa shape index (κ3) is 4.21. The summed E-state index contributed by atoms with van der Waals surface area (Å²) < 4.78 is 10.7. The molecule has 1 N–H and O–H groups in total. The van der Waals surface area contributed by atoms with E-state index in [1.165, 1.54) is 0 Å². The van der Waals surface area contributed by atoms with E-state index in [9.17, 15) is 9.59 Å². The standard InChI is InChI=1S/C23H24N2O4/c1-4-28-22(26)18-15(3)25-21(16-11-7-6-8-12-16)20(23(27)29-5-2)19(18)17-13-9-10-14-24-17/h6-14,19,25H,4-5H2,1-3H3/t19-/m1/s1. The molecule has 6 nitrogen and oxygen atoms in total. The van der Waals surface area contributed by atoms with E-state index < -0.39 is 17.9 Å². The summed E-state index contributed by atoms with van der Waals surface area (Å²) in [6.07, 6.45) is 1.64. The van der Waals surface area contributed by atoms with Crippen LogP contribution in [0.25, 0.3) is 5.70 Å². The van der Waals surface area contributed by atoms with Crippen molar-refractivity contribution in [2.45, 2.75) is 26.7 Å². The molecule has 1 aromatic carbocycles. The number of aromatic nitrogens is 1. The lowest BCUT2D eigenvalue weighted by Crippen LogP contribution is -2.33. The van der Waals surface area contributed by atoms with Gasteiger partial charge in [-0.25, -0.2) is 9.59 Å². The summed E-state index contributed by atoms with van der Waals surface area (Å²) in [4.78, 5) is 30.4. The Balaban J connectivity index is 2.27. The maximum Gasteiger partial charge on any atom is 0.337 e. The van der Waals surface area contributed by atoms with Gasteiger partial charge >= 0.3 is 11.9 Å². The molecule has 1 aromatic heterocycles. The summed E-state index contributed by atoms with van der Waals surface area (Å²) in [5, 5.41) is 3.24. The number of rotatable bonds is 6. The minimum Gasteiger partial charge on any atom is -0.463 e. The highest BCUT2D eigenvalue weighted by atomic mass is 16.5. The van der Waals surface area contributed by atoms with E-state index in [-0.39, 0.29) is 13.2 Å². The fourth-order valence-electron chi connectivity index (χ4n) is 3.41. The van der Waals surface area contributed by atoms with Gasteiger partial charge in [0.05, 0.1) is 41.7 Å². The van der Waals surface area contributed by atoms with E-state index in [0.29, 0.717) is 28.2 Å². The average molecular weight is 392 g/mol. The van der Waals surface area contributed by atoms with Gasteiger partial charge in [0.1, 0.15) is 0 Å². The zero-order valence-corrected chi connectivity index (χ0v) is 16.8. The van der Waals surface area contributed by atoms with Gasteiger partial charge in [-0.05, 0) is 38.5 Å². The number of hydrogen-bond acceptors (Lipinski definition) is 6. The van der Waals surface area contributed by atoms with E-state index in [1.54, 1.807) is 39.1 Å². The monoisotopic (exact) mass is 392 g/mol. The molecule has 2 aromatic rings. The van der Waals surface area contributed by atoms with Crippen LogP contribution in [-0.2, 0) is 19.1 Å². The molecule has 0 amide bonds. The number of nitrogens with zero attached hydrogens (tertiary/aromatic N) is 1. The molecule has 0 radical (unpaired) electrons. The Morgan fingerprint density at radius 1 is 0.931 bits per heavy atom. The molecule has 1 atom stereocenters. The first-order valence-corrected chi connectivity index (χ1v) is 9.61. The largest absolute Gasteiger partial charge is 0.463 e. The minimum absolute atomic E-state index is 0.219. The van der Waals surface area contributed by atoms with Gasteiger partial charge in [0.15, 0.2) is 0 Å². The first-order chi connectivity index (χ1) is 14.1. The number of pyridine rings is 1. The number of carbonyl (C=O) groups is 2. The first kappa shape index (κ1) is 20.3. The smallest absolute Gasteiger partial charge is 0.337 e. The Kier molecular flexibility index (Phi) is 6.44. The Bertz CT molecular complexity index is 949. The van der Waals surface area contributed by atoms with Crippen molar-refractivity contribution < 1.29 is 19.1 Å². The molecule has 6 heteroatoms. The Morgan fingerprint density at radius 3 is 2.14 bits per heavy atom. The SMILES string of the molecule is CCOC(=O)C1=C(C)NC(c2ccccc2)=C(C(=O)OCC)[C@@H]1c1ccccn1. The number of allylic oxidation sites excluding steroid dienone is 1. The van der Waals surface area contributed by atoms with E-state index in [0.717, 1.165) is 5.56 Å². The van der Waals surface area contributed by atoms with Crippen LogP contribution < -0.4 is 5.32 Å². The van der Waals surface area contributed by atoms with Gasteiger partial charge in [-0.2, -0.15) is 0 Å². The van der Waals surface area contributed by atoms with Crippen molar-refractivity contribution in [2.24, 2.45) is 0 Å². The lowest BCUT2D eigenvalue weighted by Gasteiger charge is -2.31. The normalized spacial score (nSPS) is 16.3. The second-order valence-electron chi connectivity index (χ2n) is 6.45. The van der Waals surface area contributed by atoms with Gasteiger partial charge in [-0.1, -0.05) is 36.4 Å². The van der Waals surface area contributed by atoms with Crippen molar-refractivity contribution in [3.63, 3.8) is 0 Å². The van der Waals surface area contributed by atoms with Gasteiger partial charge in [0.25, 0.3) is 0 Å². The van der Waals surface area contributed by atoms with Crippen LogP contribution in [0, 0.1) is 0 Å². The molecule has 0 unspecified atom stereocenters. The Hall–Kier alpha value is -3.41. The molecular formula is C23H24N2O4. The lowest BCUT2D eigenvalue weighted by molar-refractivity contribution is -0.139. The fraction of sp³-hybridized carbons (Fsp3) is 0.261. The summed E-state index contributed by atoms with van der Waals surface area (Å²) in [6, 6.07) is 14.9. The van der Waals surface area contributed by atoms with E-state index in [4.69, 9.17) is 9.47 Å². The molecule has 0 spiro atoms. The van der Waals surface area contributed by atoms with Gasteiger partial charge in [0.2, 0.25) is 0 Å². The molecular weight excluding hydrogens is 368 g/mol. The molecule has 0 fully saturated rings. The second kappa shape index (κ2) is 9.19. The highest BCUT2D eigenvalue weighted by molar-refractivity contribution is 6.05. The first-order valence-electron chi connectivity index (χ1n) is 9.61. The van der Waals surface area contributed by atoms with Crippen molar-refractivity contribution in [3.05, 3.63) is 82.8 Å². The molecule has 150 valence electrons. The number of esters is 2.